The molecule has 11 aromatic carbocycles. The maximum Gasteiger partial charge on any atom is 0.159 e. The van der Waals surface area contributed by atoms with Crippen LogP contribution in [0.25, 0.3) is 87.3 Å². The van der Waals surface area contributed by atoms with Crippen LogP contribution in [0.1, 0.15) is 66.5 Å². The largest absolute Gasteiger partial charge is 0.454 e. The predicted molar refractivity (Wildman–Crippen MR) is 352 cm³/mol. The molecule has 400 valence electrons. The van der Waals surface area contributed by atoms with Gasteiger partial charge in [0.2, 0.25) is 0 Å². The number of furan rings is 2. The van der Waals surface area contributed by atoms with E-state index in [0.29, 0.717) is 5.25 Å². The van der Waals surface area contributed by atoms with Gasteiger partial charge in [0.05, 0.1) is 24.3 Å². The van der Waals surface area contributed by atoms with Crippen LogP contribution in [-0.2, 0) is 5.41 Å². The van der Waals surface area contributed by atoms with Gasteiger partial charge in [-0.25, -0.2) is 0 Å². The Bertz CT molecular complexity index is 4650. The fourth-order valence-electron chi connectivity index (χ4n) is 14.7. The summed E-state index contributed by atoms with van der Waals surface area (Å²) in [5.41, 5.74) is 14.6. The van der Waals surface area contributed by atoms with Crippen molar-refractivity contribution in [2.75, 3.05) is 9.80 Å². The number of nitrogens with zero attached hydrogens (tertiary/aromatic N) is 2. The third-order valence-electron chi connectivity index (χ3n) is 17.5. The average molecular weight is 1090 g/mol. The first-order valence-corrected chi connectivity index (χ1v) is 33.1. The smallest absolute Gasteiger partial charge is 0.159 e. The maximum atomic E-state index is 7.11. The minimum atomic E-state index is -1.73. The Morgan fingerprint density at radius 2 is 0.901 bits per heavy atom. The lowest BCUT2D eigenvalue weighted by Gasteiger charge is -2.54. The summed E-state index contributed by atoms with van der Waals surface area (Å²) in [6.45, 7) is 26.6. The molecule has 1 aliphatic carbocycles. The number of hydrogen-bond acceptors (Lipinski definition) is 5. The quantitative estimate of drug-likeness (QED) is 0.0817. The Morgan fingerprint density at radius 3 is 1.48 bits per heavy atom. The van der Waals surface area contributed by atoms with E-state index in [1.54, 1.807) is 0 Å². The van der Waals surface area contributed by atoms with Crippen molar-refractivity contribution in [3.8, 4) is 11.1 Å². The van der Waals surface area contributed by atoms with Gasteiger partial charge < -0.3 is 18.6 Å². The molecule has 0 atom stereocenters. The van der Waals surface area contributed by atoms with Crippen LogP contribution in [0.4, 0.5) is 34.1 Å². The third-order valence-corrected chi connectivity index (χ3v) is 20.5. The monoisotopic (exact) mass is 1090 g/mol. The summed E-state index contributed by atoms with van der Waals surface area (Å²) in [6.07, 6.45) is 0. The second-order valence-corrected chi connectivity index (χ2v) is 32.4. The van der Waals surface area contributed by atoms with Crippen molar-refractivity contribution in [2.45, 2.75) is 90.6 Å². The van der Waals surface area contributed by atoms with E-state index in [-0.39, 0.29) is 10.8 Å². The molecule has 6 heteroatoms. The Morgan fingerprint density at radius 1 is 0.407 bits per heavy atom. The van der Waals surface area contributed by atoms with Crippen LogP contribution >= 0.6 is 11.8 Å². The molecular formula is C75H68N2O2SSi. The zero-order valence-electron chi connectivity index (χ0n) is 48.3. The van der Waals surface area contributed by atoms with Crippen LogP contribution in [0, 0.1) is 10.8 Å². The van der Waals surface area contributed by atoms with E-state index >= 15 is 0 Å². The second kappa shape index (κ2) is 18.5. The normalized spacial score (nSPS) is 13.6. The van der Waals surface area contributed by atoms with E-state index in [0.717, 1.165) is 72.6 Å². The molecule has 0 saturated heterocycles. The molecule has 14 rings (SSSR count). The maximum absolute atomic E-state index is 7.11. The van der Waals surface area contributed by atoms with Crippen LogP contribution in [0.15, 0.2) is 220 Å². The van der Waals surface area contributed by atoms with Crippen LogP contribution < -0.4 is 15.0 Å². The topological polar surface area (TPSA) is 32.8 Å². The van der Waals surface area contributed by atoms with Crippen molar-refractivity contribution in [3.63, 3.8) is 0 Å². The van der Waals surface area contributed by atoms with Crippen molar-refractivity contribution >= 4 is 135 Å². The number of hydrogen-bond donors (Lipinski definition) is 0. The standard InChI is InChI=1S/C75H68N2O2SSi/c1-46(2)80-64-36-22-32-58-56-30-20-34-62(69(56)78-71(58)64)77(49-26-16-13-17-27-49)51-40-43-55-61(45-51)53-28-18-19-29-54(53)66-60-41-38-47-44-50(39-42-52(47)67(60)75(68(55)66,73(3,4)5)74(6,7)8)76(48-24-14-12-15-25-48)63-35-21-31-57-59-33-23-37-65(81(9,10)11)72(59)79-70(57)63/h12-46H,1-11H3. The molecule has 1 aliphatic rings. The molecule has 0 amide bonds. The molecule has 0 unspecified atom stereocenters. The lowest BCUT2D eigenvalue weighted by Crippen LogP contribution is -2.50. The molecule has 2 heterocycles. The van der Waals surface area contributed by atoms with E-state index in [4.69, 9.17) is 8.83 Å². The molecule has 0 N–H and O–H groups in total. The Kier molecular flexibility index (Phi) is 11.7. The summed E-state index contributed by atoms with van der Waals surface area (Å²) in [5, 5.41) is 13.9. The van der Waals surface area contributed by atoms with Gasteiger partial charge in [0, 0.05) is 55.0 Å². The number of para-hydroxylation sites is 6. The van der Waals surface area contributed by atoms with Crippen molar-refractivity contribution in [3.05, 3.63) is 217 Å². The first-order chi connectivity index (χ1) is 38.9. The molecule has 0 aliphatic heterocycles. The van der Waals surface area contributed by atoms with Gasteiger partial charge in [0.1, 0.15) is 11.2 Å². The number of benzene rings is 11. The molecule has 81 heavy (non-hydrogen) atoms. The predicted octanol–water partition coefficient (Wildman–Crippen LogP) is 22.3. The fraction of sp³-hybridized carbons (Fsp3) is 0.200. The molecular weight excluding hydrogens is 1020 g/mol. The number of anilines is 6. The molecule has 4 nitrogen and oxygen atoms in total. The van der Waals surface area contributed by atoms with Crippen LogP contribution in [0.5, 0.6) is 0 Å². The zero-order valence-corrected chi connectivity index (χ0v) is 50.1. The van der Waals surface area contributed by atoms with Gasteiger partial charge in [0.15, 0.2) is 11.2 Å². The summed E-state index contributed by atoms with van der Waals surface area (Å²) >= 11 is 1.85. The molecule has 0 radical (unpaired) electrons. The van der Waals surface area contributed by atoms with Gasteiger partial charge in [-0.15, -0.1) is 11.8 Å². The lowest BCUT2D eigenvalue weighted by atomic mass is 9.49. The third kappa shape index (κ3) is 7.70. The van der Waals surface area contributed by atoms with Gasteiger partial charge in [0.25, 0.3) is 0 Å². The van der Waals surface area contributed by atoms with Gasteiger partial charge in [-0.1, -0.05) is 215 Å². The molecule has 0 saturated carbocycles. The van der Waals surface area contributed by atoms with Gasteiger partial charge in [-0.3, -0.25) is 0 Å². The average Bonchev–Trinajstić information content (AvgIpc) is 4.08. The highest BCUT2D eigenvalue weighted by molar-refractivity contribution is 8.00. The SMILES string of the molecule is CC(C)Sc1cccc2c1oc1c(N(c3ccccc3)c3ccc4c5c(c6ccccc6c4c3)-c3ccc4cc(N(c6ccccc6)c6cccc7c6oc6c([Si](C)(C)C)cccc67)ccc4c3C5(C(C)(C)C)C(C)(C)C)cccc12. The second-order valence-electron chi connectivity index (χ2n) is 25.8. The summed E-state index contributed by atoms with van der Waals surface area (Å²) < 4.78 is 14.2. The molecule has 2 aromatic heterocycles. The first kappa shape index (κ1) is 51.1. The van der Waals surface area contributed by atoms with E-state index in [2.05, 4.69) is 291 Å². The van der Waals surface area contributed by atoms with Crippen LogP contribution in [0.3, 0.4) is 0 Å². The van der Waals surface area contributed by atoms with Crippen LogP contribution in [0.2, 0.25) is 19.6 Å². The summed E-state index contributed by atoms with van der Waals surface area (Å²) in [7, 11) is -1.73. The van der Waals surface area contributed by atoms with E-state index < -0.39 is 13.5 Å². The summed E-state index contributed by atoms with van der Waals surface area (Å²) in [5.74, 6) is 0. The first-order valence-electron chi connectivity index (χ1n) is 28.8. The Balaban J connectivity index is 0.997. The molecule has 0 bridgehead atoms. The summed E-state index contributed by atoms with van der Waals surface area (Å²) in [6, 6.07) is 76.6. The van der Waals surface area contributed by atoms with Gasteiger partial charge >= 0.3 is 0 Å². The van der Waals surface area contributed by atoms with E-state index in [9.17, 15) is 0 Å². The summed E-state index contributed by atoms with van der Waals surface area (Å²) in [4.78, 5) is 5.97. The fourth-order valence-corrected chi connectivity index (χ4v) is 17.1. The van der Waals surface area contributed by atoms with Crippen molar-refractivity contribution in [2.24, 2.45) is 10.8 Å². The highest BCUT2D eigenvalue weighted by Crippen LogP contribution is 2.69. The van der Waals surface area contributed by atoms with Gasteiger partial charge in [-0.05, 0) is 137 Å². The highest BCUT2D eigenvalue weighted by atomic mass is 32.2. The zero-order chi connectivity index (χ0) is 55.9. The molecule has 0 fully saturated rings. The highest BCUT2D eigenvalue weighted by Gasteiger charge is 2.59. The Labute approximate surface area is 481 Å². The Hall–Kier alpha value is -8.03. The van der Waals surface area contributed by atoms with Crippen molar-refractivity contribution in [1.82, 2.24) is 0 Å². The minimum absolute atomic E-state index is 0.242. The minimum Gasteiger partial charge on any atom is -0.454 e. The molecule has 13 aromatic rings. The number of thioether (sulfide) groups is 1. The van der Waals surface area contributed by atoms with E-state index in [1.165, 1.54) is 70.0 Å². The number of rotatable bonds is 9. The molecule has 0 spiro atoms. The van der Waals surface area contributed by atoms with Crippen LogP contribution in [-0.4, -0.2) is 13.3 Å². The lowest BCUT2D eigenvalue weighted by molar-refractivity contribution is 0.0977. The van der Waals surface area contributed by atoms with Gasteiger partial charge in [-0.2, -0.15) is 0 Å². The van der Waals surface area contributed by atoms with Crippen molar-refractivity contribution < 1.29 is 8.83 Å². The van der Waals surface area contributed by atoms with Crippen molar-refractivity contribution in [1.29, 1.82) is 0 Å². The van der Waals surface area contributed by atoms with E-state index in [1.807, 2.05) is 11.8 Å². The number of fused-ring (bicyclic) bond motifs is 16.